The lowest BCUT2D eigenvalue weighted by Crippen LogP contribution is -2.41. The van der Waals surface area contributed by atoms with E-state index >= 15 is 0 Å². The molecule has 1 aliphatic heterocycles. The van der Waals surface area contributed by atoms with E-state index in [1.54, 1.807) is 39.2 Å². The number of nitrogens with zero attached hydrogens (tertiary/aromatic N) is 3. The average molecular weight is 485 g/mol. The Balaban J connectivity index is 1.56. The molecule has 1 aliphatic rings. The zero-order chi connectivity index (χ0) is 24.3. The Morgan fingerprint density at radius 2 is 1.88 bits per heavy atom. The van der Waals surface area contributed by atoms with Gasteiger partial charge in [-0.25, -0.2) is 13.9 Å². The first kappa shape index (κ1) is 23.9. The Labute approximate surface area is 202 Å². The number of aromatic nitrogens is 2. The number of carbonyl (C=O) groups excluding carboxylic acids is 2. The summed E-state index contributed by atoms with van der Waals surface area (Å²) >= 11 is 1.58. The van der Waals surface area contributed by atoms with Crippen molar-refractivity contribution in [3.63, 3.8) is 0 Å². The van der Waals surface area contributed by atoms with Gasteiger partial charge < -0.3 is 15.0 Å². The number of carbonyl (C=O) groups is 2. The van der Waals surface area contributed by atoms with Crippen LogP contribution in [0.5, 0.6) is 0 Å². The van der Waals surface area contributed by atoms with Crippen molar-refractivity contribution in [1.82, 2.24) is 20.0 Å². The van der Waals surface area contributed by atoms with E-state index in [2.05, 4.69) is 10.4 Å². The maximum Gasteiger partial charge on any atom is 0.410 e. The molecule has 1 N–H and O–H groups in total. The van der Waals surface area contributed by atoms with Crippen molar-refractivity contribution < 1.29 is 18.7 Å². The first-order chi connectivity index (χ1) is 16.2. The quantitative estimate of drug-likeness (QED) is 0.546. The molecule has 4 rings (SSSR count). The lowest BCUT2D eigenvalue weighted by molar-refractivity contribution is 0.0203. The van der Waals surface area contributed by atoms with Crippen LogP contribution in [0.4, 0.5) is 9.18 Å². The molecule has 0 unspecified atom stereocenters. The van der Waals surface area contributed by atoms with Crippen LogP contribution in [0.2, 0.25) is 0 Å². The first-order valence-electron chi connectivity index (χ1n) is 11.3. The molecule has 0 aliphatic carbocycles. The largest absolute Gasteiger partial charge is 0.444 e. The molecule has 0 spiro atoms. The summed E-state index contributed by atoms with van der Waals surface area (Å²) in [6.45, 7) is 7.02. The number of thiophene rings is 1. The van der Waals surface area contributed by atoms with E-state index in [4.69, 9.17) is 4.74 Å². The van der Waals surface area contributed by atoms with Crippen LogP contribution in [0, 0.1) is 5.82 Å². The number of likely N-dealkylation sites (tertiary alicyclic amines) is 1. The third-order valence-corrected chi connectivity index (χ3v) is 6.54. The zero-order valence-electron chi connectivity index (χ0n) is 19.6. The van der Waals surface area contributed by atoms with E-state index in [9.17, 15) is 14.0 Å². The topological polar surface area (TPSA) is 76.5 Å². The molecule has 1 saturated heterocycles. The number of halogens is 1. The molecule has 34 heavy (non-hydrogen) atoms. The Morgan fingerprint density at radius 1 is 1.18 bits per heavy atom. The van der Waals surface area contributed by atoms with Gasteiger partial charge in [0.05, 0.1) is 29.7 Å². The summed E-state index contributed by atoms with van der Waals surface area (Å²) in [6.07, 6.45) is 2.57. The van der Waals surface area contributed by atoms with Crippen LogP contribution in [0.15, 0.2) is 48.0 Å². The van der Waals surface area contributed by atoms with E-state index in [0.29, 0.717) is 43.7 Å². The predicted octanol–water partition coefficient (Wildman–Crippen LogP) is 5.12. The molecule has 7 nitrogen and oxygen atoms in total. The Morgan fingerprint density at radius 3 is 2.50 bits per heavy atom. The summed E-state index contributed by atoms with van der Waals surface area (Å²) in [4.78, 5) is 28.4. The van der Waals surface area contributed by atoms with Crippen LogP contribution in [0.1, 0.15) is 60.5 Å². The monoisotopic (exact) mass is 484 g/mol. The van der Waals surface area contributed by atoms with Gasteiger partial charge in [-0.1, -0.05) is 6.07 Å². The van der Waals surface area contributed by atoms with Gasteiger partial charge in [0.15, 0.2) is 0 Å². The van der Waals surface area contributed by atoms with Gasteiger partial charge in [-0.2, -0.15) is 5.10 Å². The van der Waals surface area contributed by atoms with Crippen LogP contribution in [-0.2, 0) is 11.3 Å². The maximum atomic E-state index is 13.5. The number of ether oxygens (including phenoxy) is 1. The SMILES string of the molecule is CC(C)(C)OC(=O)N1CCC(c2c(C(=O)NCc3cccs3)cnn2-c2ccc(F)cc2)CC1. The van der Waals surface area contributed by atoms with E-state index in [1.807, 2.05) is 38.3 Å². The van der Waals surface area contributed by atoms with Gasteiger partial charge in [-0.05, 0) is 69.3 Å². The van der Waals surface area contributed by atoms with Crippen molar-refractivity contribution >= 4 is 23.3 Å². The number of piperidine rings is 1. The van der Waals surface area contributed by atoms with Gasteiger partial charge in [0.2, 0.25) is 0 Å². The van der Waals surface area contributed by atoms with Crippen LogP contribution in [-0.4, -0.2) is 45.4 Å². The highest BCUT2D eigenvalue weighted by molar-refractivity contribution is 7.09. The summed E-state index contributed by atoms with van der Waals surface area (Å²) in [5.41, 5.74) is 1.40. The molecule has 9 heteroatoms. The van der Waals surface area contributed by atoms with Crippen LogP contribution < -0.4 is 5.32 Å². The second kappa shape index (κ2) is 9.97. The molecule has 1 aromatic carbocycles. The number of hydrogen-bond donors (Lipinski definition) is 1. The van der Waals surface area contributed by atoms with E-state index in [1.165, 1.54) is 12.1 Å². The summed E-state index contributed by atoms with van der Waals surface area (Å²) in [7, 11) is 0. The van der Waals surface area contributed by atoms with Gasteiger partial charge in [0.25, 0.3) is 5.91 Å². The van der Waals surface area contributed by atoms with Crippen LogP contribution in [0.25, 0.3) is 5.69 Å². The Bertz CT molecular complexity index is 1130. The van der Waals surface area contributed by atoms with Crippen molar-refractivity contribution in [2.45, 2.75) is 51.7 Å². The van der Waals surface area contributed by atoms with Crippen molar-refractivity contribution in [1.29, 1.82) is 0 Å². The molecule has 180 valence electrons. The first-order valence-corrected chi connectivity index (χ1v) is 12.2. The summed E-state index contributed by atoms with van der Waals surface area (Å²) in [5.74, 6) is -0.530. The fourth-order valence-electron chi connectivity index (χ4n) is 4.05. The number of rotatable bonds is 5. The molecular weight excluding hydrogens is 455 g/mol. The summed E-state index contributed by atoms with van der Waals surface area (Å²) < 4.78 is 20.7. The van der Waals surface area contributed by atoms with Crippen molar-refractivity contribution in [3.8, 4) is 5.69 Å². The maximum absolute atomic E-state index is 13.5. The molecule has 1 fully saturated rings. The highest BCUT2D eigenvalue weighted by Gasteiger charge is 2.32. The standard InChI is InChI=1S/C25H29FN4O3S/c1-25(2,3)33-24(32)29-12-10-17(11-13-29)22-21(23(31)27-15-20-5-4-14-34-20)16-28-30(22)19-8-6-18(26)7-9-19/h4-9,14,16-17H,10-13,15H2,1-3H3,(H,27,31). The smallest absolute Gasteiger partial charge is 0.410 e. The third-order valence-electron chi connectivity index (χ3n) is 5.66. The normalized spacial score (nSPS) is 14.8. The second-order valence-corrected chi connectivity index (χ2v) is 10.4. The van der Waals surface area contributed by atoms with Gasteiger partial charge >= 0.3 is 6.09 Å². The molecule has 2 aromatic heterocycles. The van der Waals surface area contributed by atoms with Crippen LogP contribution >= 0.6 is 11.3 Å². The predicted molar refractivity (Wildman–Crippen MR) is 129 cm³/mol. The average Bonchev–Trinajstić information content (AvgIpc) is 3.47. The fourth-order valence-corrected chi connectivity index (χ4v) is 4.70. The fraction of sp³-hybridized carbons (Fsp3) is 0.400. The minimum absolute atomic E-state index is 0.00808. The summed E-state index contributed by atoms with van der Waals surface area (Å²) in [5, 5.41) is 9.44. The number of nitrogens with one attached hydrogen (secondary N) is 1. The highest BCUT2D eigenvalue weighted by Crippen LogP contribution is 2.33. The second-order valence-electron chi connectivity index (χ2n) is 9.34. The molecule has 0 atom stereocenters. The zero-order valence-corrected chi connectivity index (χ0v) is 20.4. The molecule has 0 radical (unpaired) electrons. The molecule has 3 heterocycles. The van der Waals surface area contributed by atoms with Gasteiger partial charge in [0, 0.05) is 23.9 Å². The molecule has 0 bridgehead atoms. The van der Waals surface area contributed by atoms with E-state index in [-0.39, 0.29) is 23.7 Å². The minimum Gasteiger partial charge on any atom is -0.444 e. The molecular formula is C25H29FN4O3S. The third kappa shape index (κ3) is 5.64. The number of benzene rings is 1. The van der Waals surface area contributed by atoms with E-state index < -0.39 is 5.60 Å². The van der Waals surface area contributed by atoms with Crippen molar-refractivity contribution in [3.05, 3.63) is 69.9 Å². The number of hydrogen-bond acceptors (Lipinski definition) is 5. The van der Waals surface area contributed by atoms with Crippen molar-refractivity contribution in [2.75, 3.05) is 13.1 Å². The van der Waals surface area contributed by atoms with E-state index in [0.717, 1.165) is 10.6 Å². The highest BCUT2D eigenvalue weighted by atomic mass is 32.1. The molecule has 0 saturated carbocycles. The number of amides is 2. The minimum atomic E-state index is -0.553. The van der Waals surface area contributed by atoms with Gasteiger partial charge in [-0.15, -0.1) is 11.3 Å². The Hall–Kier alpha value is -3.20. The molecule has 2 amide bonds. The van der Waals surface area contributed by atoms with Gasteiger partial charge in [-0.3, -0.25) is 4.79 Å². The lowest BCUT2D eigenvalue weighted by atomic mass is 9.91. The summed E-state index contributed by atoms with van der Waals surface area (Å²) in [6, 6.07) is 9.97. The van der Waals surface area contributed by atoms with Gasteiger partial charge in [0.1, 0.15) is 11.4 Å². The lowest BCUT2D eigenvalue weighted by Gasteiger charge is -2.34. The van der Waals surface area contributed by atoms with Crippen molar-refractivity contribution in [2.24, 2.45) is 0 Å². The molecule has 3 aromatic rings. The Kier molecular flexibility index (Phi) is 7.02. The van der Waals surface area contributed by atoms with Crippen LogP contribution in [0.3, 0.4) is 0 Å².